The summed E-state index contributed by atoms with van der Waals surface area (Å²) >= 11 is 0. The normalized spacial score (nSPS) is 11.5. The highest BCUT2D eigenvalue weighted by Crippen LogP contribution is 2.04. The minimum atomic E-state index is -3.22. The highest BCUT2D eigenvalue weighted by molar-refractivity contribution is 6.62. The van der Waals surface area contributed by atoms with Gasteiger partial charge in [0.2, 0.25) is 0 Å². The SMILES string of the molecule is C[B-](F)(F)C[n+]1ccccc1. The van der Waals surface area contributed by atoms with Gasteiger partial charge in [-0.15, -0.1) is 6.82 Å². The standard InChI is InChI=1S/C7H10BF2N/c1-8(9,10)7-11-5-3-2-4-6-11/h2-6H,7H2,1H3. The molecule has 0 N–H and O–H groups in total. The number of halogens is 2. The quantitative estimate of drug-likeness (QED) is 0.452. The van der Waals surface area contributed by atoms with Crippen molar-refractivity contribution < 1.29 is 13.2 Å². The van der Waals surface area contributed by atoms with Gasteiger partial charge in [0.05, 0.1) is 6.44 Å². The van der Waals surface area contributed by atoms with Crippen molar-refractivity contribution in [1.82, 2.24) is 0 Å². The Morgan fingerprint density at radius 1 is 1.18 bits per heavy atom. The summed E-state index contributed by atoms with van der Waals surface area (Å²) in [6.45, 7) is -2.25. The lowest BCUT2D eigenvalue weighted by Crippen LogP contribution is -2.44. The van der Waals surface area contributed by atoms with E-state index in [0.29, 0.717) is 0 Å². The van der Waals surface area contributed by atoms with Crippen molar-refractivity contribution >= 4 is 6.70 Å². The molecule has 0 atom stereocenters. The molecule has 0 bridgehead atoms. The van der Waals surface area contributed by atoms with Crippen molar-refractivity contribution in [3.05, 3.63) is 30.6 Å². The topological polar surface area (TPSA) is 3.88 Å². The first kappa shape index (κ1) is 8.17. The van der Waals surface area contributed by atoms with Crippen LogP contribution in [0.1, 0.15) is 0 Å². The Bertz CT molecular complexity index is 220. The van der Waals surface area contributed by atoms with Crippen LogP contribution < -0.4 is 4.57 Å². The maximum Gasteiger partial charge on any atom is 0.363 e. The highest BCUT2D eigenvalue weighted by Gasteiger charge is 2.21. The van der Waals surface area contributed by atoms with Crippen LogP contribution in [0.25, 0.3) is 0 Å². The van der Waals surface area contributed by atoms with Crippen LogP contribution in [0.4, 0.5) is 8.63 Å². The molecular weight excluding hydrogens is 147 g/mol. The Labute approximate surface area is 64.7 Å². The van der Waals surface area contributed by atoms with Crippen LogP contribution in [0.5, 0.6) is 0 Å². The van der Waals surface area contributed by atoms with Gasteiger partial charge in [-0.2, -0.15) is 0 Å². The monoisotopic (exact) mass is 157 g/mol. The number of hydrogen-bond acceptors (Lipinski definition) is 0. The third kappa shape index (κ3) is 3.12. The summed E-state index contributed by atoms with van der Waals surface area (Å²) in [6, 6.07) is 5.28. The molecule has 0 aromatic carbocycles. The molecule has 11 heavy (non-hydrogen) atoms. The van der Waals surface area contributed by atoms with Crippen molar-refractivity contribution in [3.63, 3.8) is 0 Å². The molecule has 0 unspecified atom stereocenters. The average Bonchev–Trinajstić information content (AvgIpc) is 1.85. The van der Waals surface area contributed by atoms with Crippen LogP contribution >= 0.6 is 0 Å². The second-order valence-corrected chi connectivity index (χ2v) is 2.81. The van der Waals surface area contributed by atoms with Crippen LogP contribution in [0.15, 0.2) is 30.6 Å². The summed E-state index contributed by atoms with van der Waals surface area (Å²) in [6.07, 6.45) is 3.08. The van der Waals surface area contributed by atoms with Crippen molar-refractivity contribution in [3.8, 4) is 0 Å². The van der Waals surface area contributed by atoms with Gasteiger partial charge in [0.1, 0.15) is 0 Å². The number of nitrogens with zero attached hydrogens (tertiary/aromatic N) is 1. The fraction of sp³-hybridized carbons (Fsp3) is 0.286. The van der Waals surface area contributed by atoms with E-state index in [0.717, 1.165) is 6.82 Å². The summed E-state index contributed by atoms with van der Waals surface area (Å²) in [5.41, 5.74) is 0. The molecule has 0 radical (unpaired) electrons. The molecule has 0 fully saturated rings. The lowest BCUT2D eigenvalue weighted by atomic mass is 9.68. The summed E-state index contributed by atoms with van der Waals surface area (Å²) in [5, 5.41) is 0. The molecule has 0 aliphatic carbocycles. The van der Waals surface area contributed by atoms with Gasteiger partial charge in [-0.1, -0.05) is 6.07 Å². The van der Waals surface area contributed by atoms with E-state index >= 15 is 0 Å². The highest BCUT2D eigenvalue weighted by atomic mass is 19.2. The Morgan fingerprint density at radius 3 is 2.18 bits per heavy atom. The maximum absolute atomic E-state index is 12.4. The van der Waals surface area contributed by atoms with Gasteiger partial charge in [0.25, 0.3) is 0 Å². The zero-order chi connectivity index (χ0) is 8.32. The molecule has 1 nitrogen and oxygen atoms in total. The molecule has 0 saturated carbocycles. The summed E-state index contributed by atoms with van der Waals surface area (Å²) < 4.78 is 26.4. The predicted octanol–water partition coefficient (Wildman–Crippen LogP) is 1.52. The predicted molar refractivity (Wildman–Crippen MR) is 40.5 cm³/mol. The maximum atomic E-state index is 12.4. The minimum absolute atomic E-state index is 0.194. The zero-order valence-corrected chi connectivity index (χ0v) is 6.37. The van der Waals surface area contributed by atoms with E-state index in [2.05, 4.69) is 0 Å². The van der Waals surface area contributed by atoms with Crippen molar-refractivity contribution in [2.45, 2.75) is 13.3 Å². The van der Waals surface area contributed by atoms with Crippen molar-refractivity contribution in [2.75, 3.05) is 0 Å². The van der Waals surface area contributed by atoms with E-state index in [1.54, 1.807) is 30.6 Å². The molecule has 60 valence electrons. The lowest BCUT2D eigenvalue weighted by molar-refractivity contribution is -0.682. The van der Waals surface area contributed by atoms with Gasteiger partial charge in [0.15, 0.2) is 12.4 Å². The van der Waals surface area contributed by atoms with Gasteiger partial charge in [0, 0.05) is 12.1 Å². The summed E-state index contributed by atoms with van der Waals surface area (Å²) in [4.78, 5) is 0. The first-order valence-corrected chi connectivity index (χ1v) is 3.59. The Morgan fingerprint density at radius 2 is 1.73 bits per heavy atom. The molecule has 4 heteroatoms. The third-order valence-electron chi connectivity index (χ3n) is 1.31. The lowest BCUT2D eigenvalue weighted by Gasteiger charge is -2.11. The molecule has 0 aliphatic rings. The molecule has 1 aromatic rings. The molecule has 0 amide bonds. The van der Waals surface area contributed by atoms with Gasteiger partial charge in [-0.25, -0.2) is 4.57 Å². The number of rotatable bonds is 2. The first-order chi connectivity index (χ1) is 5.08. The van der Waals surface area contributed by atoms with Crippen molar-refractivity contribution in [2.24, 2.45) is 0 Å². The Balaban J connectivity index is 2.66. The fourth-order valence-corrected chi connectivity index (χ4v) is 0.926. The fourth-order valence-electron chi connectivity index (χ4n) is 0.926. The van der Waals surface area contributed by atoms with Gasteiger partial charge in [-0.05, 0) is 0 Å². The van der Waals surface area contributed by atoms with Crippen LogP contribution in [0.2, 0.25) is 6.82 Å². The van der Waals surface area contributed by atoms with E-state index < -0.39 is 6.70 Å². The van der Waals surface area contributed by atoms with Gasteiger partial charge >= 0.3 is 6.70 Å². The summed E-state index contributed by atoms with van der Waals surface area (Å²) in [7, 11) is 0. The second kappa shape index (κ2) is 2.99. The Kier molecular flexibility index (Phi) is 2.22. The van der Waals surface area contributed by atoms with Crippen LogP contribution in [-0.4, -0.2) is 6.70 Å². The first-order valence-electron chi connectivity index (χ1n) is 3.59. The van der Waals surface area contributed by atoms with E-state index in [4.69, 9.17) is 0 Å². The second-order valence-electron chi connectivity index (χ2n) is 2.81. The number of hydrogen-bond donors (Lipinski definition) is 0. The molecule has 0 spiro atoms. The van der Waals surface area contributed by atoms with Gasteiger partial charge in [-0.3, -0.25) is 0 Å². The molecule has 0 saturated heterocycles. The average molecular weight is 157 g/mol. The van der Waals surface area contributed by atoms with E-state index in [9.17, 15) is 8.63 Å². The largest absolute Gasteiger partial charge is 0.473 e. The molecule has 1 rings (SSSR count). The molecule has 0 aliphatic heterocycles. The van der Waals surface area contributed by atoms with Crippen molar-refractivity contribution in [1.29, 1.82) is 0 Å². The third-order valence-corrected chi connectivity index (χ3v) is 1.31. The smallest absolute Gasteiger partial charge is 0.363 e. The van der Waals surface area contributed by atoms with E-state index in [-0.39, 0.29) is 6.44 Å². The zero-order valence-electron chi connectivity index (χ0n) is 6.37. The molecule has 1 aromatic heterocycles. The summed E-state index contributed by atoms with van der Waals surface area (Å²) in [5.74, 6) is 0. The van der Waals surface area contributed by atoms with Gasteiger partial charge < -0.3 is 8.63 Å². The van der Waals surface area contributed by atoms with Crippen LogP contribution in [-0.2, 0) is 6.44 Å². The minimum Gasteiger partial charge on any atom is -0.473 e. The van der Waals surface area contributed by atoms with E-state index in [1.807, 2.05) is 0 Å². The van der Waals surface area contributed by atoms with Crippen LogP contribution in [0.3, 0.4) is 0 Å². The number of pyridine rings is 1. The molecular formula is C7H10BF2N. The molecule has 1 heterocycles. The number of aromatic nitrogens is 1. The van der Waals surface area contributed by atoms with Crippen LogP contribution in [0, 0.1) is 0 Å². The van der Waals surface area contributed by atoms with E-state index in [1.165, 1.54) is 4.57 Å². The Hall–Kier alpha value is -0.925.